The first kappa shape index (κ1) is 18.7. The molecular formula is C15H12F3NO5S. The summed E-state index contributed by atoms with van der Waals surface area (Å²) in [6.45, 7) is 1.26. The number of nitrogens with zero attached hydrogens (tertiary/aromatic N) is 1. The lowest BCUT2D eigenvalue weighted by atomic mass is 10.2. The van der Waals surface area contributed by atoms with Gasteiger partial charge in [0.25, 0.3) is 0 Å². The minimum absolute atomic E-state index is 0.106. The zero-order valence-electron chi connectivity index (χ0n) is 12.7. The van der Waals surface area contributed by atoms with Gasteiger partial charge in [0.15, 0.2) is 15.6 Å². The van der Waals surface area contributed by atoms with Gasteiger partial charge in [-0.3, -0.25) is 9.78 Å². The molecule has 0 amide bonds. The lowest BCUT2D eigenvalue weighted by molar-refractivity contribution is -0.275. The van der Waals surface area contributed by atoms with Crippen LogP contribution in [0, 0.1) is 0 Å². The van der Waals surface area contributed by atoms with Gasteiger partial charge in [-0.25, -0.2) is 8.42 Å². The predicted molar refractivity (Wildman–Crippen MR) is 79.9 cm³/mol. The maximum absolute atomic E-state index is 12.5. The SMILES string of the molecule is CC(=O)c1cncc(CS(=O)(=O)c2cc(O)ccc2OC(F)(F)F)c1. The summed E-state index contributed by atoms with van der Waals surface area (Å²) in [5.74, 6) is -2.56. The number of aromatic nitrogens is 1. The fourth-order valence-corrected chi connectivity index (χ4v) is 3.47. The third-order valence-electron chi connectivity index (χ3n) is 3.05. The van der Waals surface area contributed by atoms with Gasteiger partial charge in [-0.1, -0.05) is 0 Å². The first-order chi connectivity index (χ1) is 11.5. The van der Waals surface area contributed by atoms with E-state index in [-0.39, 0.29) is 16.9 Å². The van der Waals surface area contributed by atoms with Crippen molar-refractivity contribution in [1.29, 1.82) is 0 Å². The number of benzene rings is 1. The molecule has 25 heavy (non-hydrogen) atoms. The Hall–Kier alpha value is -2.62. The van der Waals surface area contributed by atoms with Crippen molar-refractivity contribution in [2.75, 3.05) is 0 Å². The number of rotatable bonds is 5. The number of carbonyl (C=O) groups is 1. The molecule has 1 heterocycles. The number of aromatic hydroxyl groups is 1. The molecule has 1 aromatic carbocycles. The van der Waals surface area contributed by atoms with E-state index >= 15 is 0 Å². The third kappa shape index (κ3) is 4.92. The fraction of sp³-hybridized carbons (Fsp3) is 0.200. The highest BCUT2D eigenvalue weighted by molar-refractivity contribution is 7.90. The van der Waals surface area contributed by atoms with Crippen molar-refractivity contribution < 1.29 is 36.2 Å². The summed E-state index contributed by atoms with van der Waals surface area (Å²) in [4.78, 5) is 14.2. The Bertz CT molecular complexity index is 910. The molecule has 1 aromatic heterocycles. The number of phenols is 1. The molecule has 1 N–H and O–H groups in total. The van der Waals surface area contributed by atoms with E-state index in [0.29, 0.717) is 12.1 Å². The average molecular weight is 375 g/mol. The number of hydrogen-bond donors (Lipinski definition) is 1. The van der Waals surface area contributed by atoms with E-state index in [9.17, 15) is 31.5 Å². The third-order valence-corrected chi connectivity index (χ3v) is 4.75. The lowest BCUT2D eigenvalue weighted by Gasteiger charge is -2.14. The van der Waals surface area contributed by atoms with Gasteiger partial charge in [0, 0.05) is 24.0 Å². The minimum Gasteiger partial charge on any atom is -0.508 e. The van der Waals surface area contributed by atoms with Crippen LogP contribution in [-0.2, 0) is 15.6 Å². The highest BCUT2D eigenvalue weighted by Crippen LogP contribution is 2.33. The molecule has 0 atom stereocenters. The number of phenolic OH excluding ortho intramolecular Hbond substituents is 1. The number of Topliss-reactive ketones (excluding diaryl/α,β-unsaturated/α-hetero) is 1. The number of sulfone groups is 1. The van der Waals surface area contributed by atoms with Crippen LogP contribution in [0.4, 0.5) is 13.2 Å². The number of carbonyl (C=O) groups excluding carboxylic acids is 1. The Kier molecular flexibility index (Phi) is 5.02. The smallest absolute Gasteiger partial charge is 0.508 e. The largest absolute Gasteiger partial charge is 0.573 e. The topological polar surface area (TPSA) is 93.6 Å². The van der Waals surface area contributed by atoms with Gasteiger partial charge in [-0.15, -0.1) is 13.2 Å². The van der Waals surface area contributed by atoms with Crippen molar-refractivity contribution >= 4 is 15.6 Å². The van der Waals surface area contributed by atoms with E-state index in [2.05, 4.69) is 9.72 Å². The summed E-state index contributed by atoms with van der Waals surface area (Å²) in [7, 11) is -4.32. The summed E-state index contributed by atoms with van der Waals surface area (Å²) >= 11 is 0. The second kappa shape index (κ2) is 6.71. The standard InChI is InChI=1S/C15H12F3NO5S/c1-9(20)11-4-10(6-19-7-11)8-25(22,23)14-5-12(21)2-3-13(14)24-15(16,17)18/h2-7,21H,8H2,1H3. The highest BCUT2D eigenvalue weighted by atomic mass is 32.2. The maximum atomic E-state index is 12.5. The highest BCUT2D eigenvalue weighted by Gasteiger charge is 2.34. The number of hydrogen-bond acceptors (Lipinski definition) is 6. The van der Waals surface area contributed by atoms with E-state index in [0.717, 1.165) is 6.07 Å². The van der Waals surface area contributed by atoms with Crippen molar-refractivity contribution in [3.05, 3.63) is 47.8 Å². The summed E-state index contributed by atoms with van der Waals surface area (Å²) in [6.07, 6.45) is -2.68. The number of pyridine rings is 1. The molecule has 0 bridgehead atoms. The van der Waals surface area contributed by atoms with Gasteiger partial charge in [-0.2, -0.15) is 0 Å². The number of halogens is 3. The van der Waals surface area contributed by atoms with Gasteiger partial charge in [0.1, 0.15) is 16.4 Å². The molecule has 0 aliphatic rings. The van der Waals surface area contributed by atoms with Crippen LogP contribution in [0.1, 0.15) is 22.8 Å². The Morgan fingerprint density at radius 1 is 1.24 bits per heavy atom. The molecule has 0 radical (unpaired) electrons. The molecule has 6 nitrogen and oxygen atoms in total. The predicted octanol–water partition coefficient (Wildman–Crippen LogP) is 2.86. The van der Waals surface area contributed by atoms with Crippen LogP contribution in [-0.4, -0.2) is 30.7 Å². The van der Waals surface area contributed by atoms with Crippen LogP contribution in [0.3, 0.4) is 0 Å². The molecule has 0 aliphatic heterocycles. The Balaban J connectivity index is 2.44. The second-order valence-corrected chi connectivity index (χ2v) is 7.03. The van der Waals surface area contributed by atoms with Crippen LogP contribution in [0.15, 0.2) is 41.6 Å². The first-order valence-electron chi connectivity index (χ1n) is 6.74. The van der Waals surface area contributed by atoms with E-state index in [1.54, 1.807) is 0 Å². The molecule has 2 rings (SSSR count). The second-order valence-electron chi connectivity index (χ2n) is 5.08. The van der Waals surface area contributed by atoms with Crippen LogP contribution >= 0.6 is 0 Å². The van der Waals surface area contributed by atoms with Crippen molar-refractivity contribution in [2.24, 2.45) is 0 Å². The maximum Gasteiger partial charge on any atom is 0.573 e. The molecule has 0 saturated heterocycles. The van der Waals surface area contributed by atoms with Gasteiger partial charge >= 0.3 is 6.36 Å². The van der Waals surface area contributed by atoms with Crippen LogP contribution in [0.5, 0.6) is 11.5 Å². The van der Waals surface area contributed by atoms with Crippen LogP contribution in [0.2, 0.25) is 0 Å². The monoisotopic (exact) mass is 375 g/mol. The molecule has 10 heteroatoms. The van der Waals surface area contributed by atoms with Gasteiger partial charge < -0.3 is 9.84 Å². The number of alkyl halides is 3. The van der Waals surface area contributed by atoms with Crippen molar-refractivity contribution in [1.82, 2.24) is 4.98 Å². The van der Waals surface area contributed by atoms with E-state index in [4.69, 9.17) is 0 Å². The fourth-order valence-electron chi connectivity index (χ4n) is 2.01. The quantitative estimate of drug-likeness (QED) is 0.808. The molecule has 0 unspecified atom stereocenters. The molecule has 0 spiro atoms. The average Bonchev–Trinajstić information content (AvgIpc) is 2.47. The van der Waals surface area contributed by atoms with E-state index in [1.165, 1.54) is 25.4 Å². The van der Waals surface area contributed by atoms with Gasteiger partial charge in [0.05, 0.1) is 5.75 Å². The number of ketones is 1. The molecule has 134 valence electrons. The molecule has 0 aliphatic carbocycles. The Morgan fingerprint density at radius 3 is 2.52 bits per heavy atom. The Labute approximate surface area is 140 Å². The van der Waals surface area contributed by atoms with Crippen molar-refractivity contribution in [3.63, 3.8) is 0 Å². The summed E-state index contributed by atoms with van der Waals surface area (Å²) < 4.78 is 66.0. The zero-order valence-corrected chi connectivity index (χ0v) is 13.6. The first-order valence-corrected chi connectivity index (χ1v) is 8.39. The normalized spacial score (nSPS) is 12.0. The lowest BCUT2D eigenvalue weighted by Crippen LogP contribution is -2.19. The number of ether oxygens (including phenoxy) is 1. The minimum atomic E-state index is -5.10. The Morgan fingerprint density at radius 2 is 1.92 bits per heavy atom. The van der Waals surface area contributed by atoms with Crippen molar-refractivity contribution in [3.8, 4) is 11.5 Å². The van der Waals surface area contributed by atoms with Crippen LogP contribution < -0.4 is 4.74 Å². The van der Waals surface area contributed by atoms with Gasteiger partial charge in [-0.05, 0) is 30.7 Å². The molecule has 2 aromatic rings. The van der Waals surface area contributed by atoms with E-state index in [1.807, 2.05) is 0 Å². The van der Waals surface area contributed by atoms with Crippen molar-refractivity contribution in [2.45, 2.75) is 23.9 Å². The molecule has 0 fully saturated rings. The summed E-state index contributed by atoms with van der Waals surface area (Å²) in [5, 5.41) is 9.42. The molecule has 0 saturated carbocycles. The van der Waals surface area contributed by atoms with Gasteiger partial charge in [0.2, 0.25) is 0 Å². The van der Waals surface area contributed by atoms with E-state index < -0.39 is 38.3 Å². The summed E-state index contributed by atoms with van der Waals surface area (Å²) in [6, 6.07) is 3.52. The zero-order chi connectivity index (χ0) is 18.8. The van der Waals surface area contributed by atoms with Crippen LogP contribution in [0.25, 0.3) is 0 Å². The molecular weight excluding hydrogens is 363 g/mol. The summed E-state index contributed by atoms with van der Waals surface area (Å²) in [5.41, 5.74) is 0.268.